The minimum absolute atomic E-state index is 0.408. The van der Waals surface area contributed by atoms with Gasteiger partial charge < -0.3 is 52.5 Å². The van der Waals surface area contributed by atoms with Gasteiger partial charge in [0.15, 0.2) is 30.7 Å². The van der Waals surface area contributed by atoms with Crippen LogP contribution in [-0.4, -0.2) is 121 Å². The lowest BCUT2D eigenvalue weighted by molar-refractivity contribution is -0.327. The zero-order valence-corrected chi connectivity index (χ0v) is 27.1. The maximum atomic E-state index is 12.2. The van der Waals surface area contributed by atoms with Crippen LogP contribution in [0.25, 0.3) is 0 Å². The van der Waals surface area contributed by atoms with Crippen molar-refractivity contribution in [3.63, 3.8) is 0 Å². The predicted molar refractivity (Wildman–Crippen MR) is 147 cm³/mol. The molecule has 1 N–H and O–H groups in total. The lowest BCUT2D eigenvalue weighted by Gasteiger charge is -2.45. The van der Waals surface area contributed by atoms with Crippen LogP contribution in [0, 0.1) is 0 Å². The smallest absolute Gasteiger partial charge is 0.305 e. The number of hydrogen-bond donors (Lipinski definition) is 1. The second-order valence-electron chi connectivity index (χ2n) is 10.0. The van der Waals surface area contributed by atoms with Crippen molar-refractivity contribution < 1.29 is 90.8 Å². The molecular formula is C28H40O19. The van der Waals surface area contributed by atoms with Gasteiger partial charge in [-0.15, -0.1) is 0 Å². The number of hydrogen-bond acceptors (Lipinski definition) is 19. The van der Waals surface area contributed by atoms with Gasteiger partial charge in [-0.3, -0.25) is 38.4 Å². The Morgan fingerprint density at radius 3 is 1.51 bits per heavy atom. The maximum absolute atomic E-state index is 12.2. The van der Waals surface area contributed by atoms with E-state index in [-0.39, 0.29) is 0 Å². The van der Waals surface area contributed by atoms with Crippen molar-refractivity contribution in [2.24, 2.45) is 0 Å². The van der Waals surface area contributed by atoms with Crippen molar-refractivity contribution in [3.05, 3.63) is 0 Å². The van der Waals surface area contributed by atoms with Gasteiger partial charge >= 0.3 is 47.8 Å². The summed E-state index contributed by atoms with van der Waals surface area (Å²) in [4.78, 5) is 95.6. The Labute approximate surface area is 269 Å². The van der Waals surface area contributed by atoms with Crippen molar-refractivity contribution >= 4 is 47.8 Å². The molecule has 1 heterocycles. The van der Waals surface area contributed by atoms with Crippen LogP contribution in [0.15, 0.2) is 0 Å². The summed E-state index contributed by atoms with van der Waals surface area (Å²) in [5, 5.41) is 10.7. The van der Waals surface area contributed by atoms with E-state index in [1.165, 1.54) is 0 Å². The van der Waals surface area contributed by atoms with Crippen LogP contribution in [0.3, 0.4) is 0 Å². The molecule has 0 saturated carbocycles. The Morgan fingerprint density at radius 2 is 1.04 bits per heavy atom. The van der Waals surface area contributed by atoms with E-state index in [2.05, 4.69) is 0 Å². The van der Waals surface area contributed by atoms with Crippen LogP contribution in [0.5, 0.6) is 0 Å². The molecule has 1 rings (SSSR count). The topological polar surface area (TPSA) is 249 Å². The quantitative estimate of drug-likeness (QED) is 0.118. The van der Waals surface area contributed by atoms with Crippen LogP contribution in [0.2, 0.25) is 0 Å². The molecule has 0 aromatic carbocycles. The van der Waals surface area contributed by atoms with Gasteiger partial charge in [0.05, 0.1) is 6.61 Å². The molecule has 0 aromatic heterocycles. The zero-order valence-electron chi connectivity index (χ0n) is 27.1. The number of carbonyl (C=O) groups excluding carboxylic acids is 8. The molecule has 1 aliphatic rings. The highest BCUT2D eigenvalue weighted by Gasteiger charge is 2.54. The second kappa shape index (κ2) is 19.3. The fourth-order valence-electron chi connectivity index (χ4n) is 4.36. The number of aliphatic hydroxyl groups excluding tert-OH is 1. The van der Waals surface area contributed by atoms with Gasteiger partial charge in [0.25, 0.3) is 0 Å². The van der Waals surface area contributed by atoms with Crippen LogP contribution in [-0.2, 0) is 85.7 Å². The van der Waals surface area contributed by atoms with Crippen molar-refractivity contribution in [1.29, 1.82) is 0 Å². The SMILES string of the molecule is CC(=O)OCC[C@@H](O[C@H]1OC(COC(C)=O)[C@@H](OC(C)=O)C(OC(C)=O)C1OC(C)=O)C(OC(C)=O)C(OC(C)=O)[C@@H](O)OC(C)=O. The fourth-order valence-corrected chi connectivity index (χ4v) is 4.36. The third-order valence-electron chi connectivity index (χ3n) is 5.83. The minimum atomic E-state index is -2.24. The molecule has 0 aromatic rings. The van der Waals surface area contributed by atoms with E-state index in [0.717, 1.165) is 55.4 Å². The molecular weight excluding hydrogens is 640 g/mol. The fraction of sp³-hybridized carbons (Fsp3) is 0.714. The molecule has 0 aliphatic carbocycles. The number of aliphatic hydroxyl groups is 1. The second-order valence-corrected chi connectivity index (χ2v) is 10.0. The number of esters is 8. The molecule has 0 amide bonds. The first-order valence-electron chi connectivity index (χ1n) is 14.1. The molecule has 0 spiro atoms. The summed E-state index contributed by atoms with van der Waals surface area (Å²) in [7, 11) is 0. The Bertz CT molecular complexity index is 1150. The molecule has 0 radical (unpaired) electrons. The monoisotopic (exact) mass is 680 g/mol. The van der Waals surface area contributed by atoms with Gasteiger partial charge in [0.1, 0.15) is 18.8 Å². The molecule has 266 valence electrons. The molecule has 1 fully saturated rings. The number of carbonyl (C=O) groups is 8. The normalized spacial score (nSPS) is 23.0. The van der Waals surface area contributed by atoms with Crippen molar-refractivity contribution in [2.45, 2.75) is 117 Å². The van der Waals surface area contributed by atoms with Gasteiger partial charge in [-0.05, 0) is 0 Å². The van der Waals surface area contributed by atoms with Crippen LogP contribution in [0.1, 0.15) is 61.8 Å². The summed E-state index contributed by atoms with van der Waals surface area (Å²) in [6.07, 6.45) is -16.3. The van der Waals surface area contributed by atoms with Crippen LogP contribution >= 0.6 is 0 Å². The van der Waals surface area contributed by atoms with Crippen molar-refractivity contribution in [1.82, 2.24) is 0 Å². The van der Waals surface area contributed by atoms with Gasteiger partial charge in [-0.25, -0.2) is 0 Å². The zero-order chi connectivity index (χ0) is 36.0. The van der Waals surface area contributed by atoms with Crippen LogP contribution in [0.4, 0.5) is 0 Å². The summed E-state index contributed by atoms with van der Waals surface area (Å²) in [5.41, 5.74) is 0. The molecule has 47 heavy (non-hydrogen) atoms. The standard InChI is InChI=1S/C28H40O19/c1-12(29)38-10-9-20(22(40-14(3)31)25(43-17(6)34)27(37)45-19(8)36)46-28-26(44-18(7)35)24(42-16(5)33)23(41-15(4)32)21(47-28)11-39-13(2)30/h20-28,37H,9-11H2,1-8H3/t20-,21?,22?,23-,24?,25?,26?,27+,28+/m1/s1. The van der Waals surface area contributed by atoms with Gasteiger partial charge in [0.2, 0.25) is 12.4 Å². The van der Waals surface area contributed by atoms with E-state index in [1.54, 1.807) is 0 Å². The third-order valence-corrected chi connectivity index (χ3v) is 5.83. The predicted octanol–water partition coefficient (Wildman–Crippen LogP) is -0.847. The Balaban J connectivity index is 3.85. The highest BCUT2D eigenvalue weighted by molar-refractivity contribution is 5.69. The van der Waals surface area contributed by atoms with Gasteiger partial charge in [-0.1, -0.05) is 0 Å². The summed E-state index contributed by atoms with van der Waals surface area (Å²) in [5.74, 6) is -7.35. The highest BCUT2D eigenvalue weighted by atomic mass is 16.7. The first kappa shape index (κ1) is 40.7. The Kier molecular flexibility index (Phi) is 16.7. The average Bonchev–Trinajstić information content (AvgIpc) is 2.90. The van der Waals surface area contributed by atoms with E-state index < -0.39 is 123 Å². The number of ether oxygens (including phenoxy) is 10. The van der Waals surface area contributed by atoms with Crippen molar-refractivity contribution in [3.8, 4) is 0 Å². The highest BCUT2D eigenvalue weighted by Crippen LogP contribution is 2.32. The molecule has 5 unspecified atom stereocenters. The minimum Gasteiger partial charge on any atom is -0.466 e. The third kappa shape index (κ3) is 14.7. The molecule has 1 aliphatic heterocycles. The molecule has 9 atom stereocenters. The maximum Gasteiger partial charge on any atom is 0.305 e. The first-order chi connectivity index (χ1) is 21.8. The largest absolute Gasteiger partial charge is 0.466 e. The van der Waals surface area contributed by atoms with E-state index in [4.69, 9.17) is 47.4 Å². The molecule has 19 nitrogen and oxygen atoms in total. The average molecular weight is 681 g/mol. The summed E-state index contributed by atoms with van der Waals surface area (Å²) >= 11 is 0. The van der Waals surface area contributed by atoms with E-state index >= 15 is 0 Å². The van der Waals surface area contributed by atoms with Crippen molar-refractivity contribution in [2.75, 3.05) is 13.2 Å². The van der Waals surface area contributed by atoms with Gasteiger partial charge in [-0.2, -0.15) is 0 Å². The number of rotatable bonds is 16. The summed E-state index contributed by atoms with van der Waals surface area (Å²) in [6, 6.07) is 0. The first-order valence-corrected chi connectivity index (χ1v) is 14.1. The summed E-state index contributed by atoms with van der Waals surface area (Å²) in [6.45, 7) is 6.94. The summed E-state index contributed by atoms with van der Waals surface area (Å²) < 4.78 is 53.3. The van der Waals surface area contributed by atoms with Gasteiger partial charge in [0, 0.05) is 61.8 Å². The Morgan fingerprint density at radius 1 is 0.574 bits per heavy atom. The Hall–Kier alpha value is -4.36. The lowest BCUT2D eigenvalue weighted by Crippen LogP contribution is -2.64. The molecule has 0 bridgehead atoms. The lowest BCUT2D eigenvalue weighted by atomic mass is 9.97. The van der Waals surface area contributed by atoms with E-state index in [1.807, 2.05) is 0 Å². The molecule has 19 heteroatoms. The van der Waals surface area contributed by atoms with Crippen LogP contribution < -0.4 is 0 Å². The molecule has 1 saturated heterocycles. The van der Waals surface area contributed by atoms with E-state index in [0.29, 0.717) is 0 Å². The van der Waals surface area contributed by atoms with E-state index in [9.17, 15) is 43.5 Å².